The highest BCUT2D eigenvalue weighted by Gasteiger charge is 2.27. The summed E-state index contributed by atoms with van der Waals surface area (Å²) in [6.45, 7) is 9.11. The maximum absolute atomic E-state index is 9.55. The van der Waals surface area contributed by atoms with Crippen LogP contribution in [0.25, 0.3) is 0 Å². The molecule has 27 heavy (non-hydrogen) atoms. The fourth-order valence-electron chi connectivity index (χ4n) is 3.92. The number of piperazine rings is 1. The summed E-state index contributed by atoms with van der Waals surface area (Å²) in [6.07, 6.45) is 0.798. The third-order valence-corrected chi connectivity index (χ3v) is 5.33. The van der Waals surface area contributed by atoms with Gasteiger partial charge in [0.05, 0.1) is 12.8 Å². The highest BCUT2D eigenvalue weighted by molar-refractivity contribution is 5.36. The molecule has 1 aliphatic heterocycles. The summed E-state index contributed by atoms with van der Waals surface area (Å²) in [7, 11) is 1.71. The molecule has 1 aromatic heterocycles. The summed E-state index contributed by atoms with van der Waals surface area (Å²) >= 11 is 0. The number of aryl methyl sites for hydroxylation is 2. The SMILES string of the molecule is COc1ccc(CN2CCN(Cc3cccc(C)n3)C[C@H]2CCO)cc1C. The quantitative estimate of drug-likeness (QED) is 0.813. The Morgan fingerprint density at radius 2 is 2.00 bits per heavy atom. The molecule has 0 spiro atoms. The third-order valence-electron chi connectivity index (χ3n) is 5.33. The number of methoxy groups -OCH3 is 1. The molecule has 5 nitrogen and oxygen atoms in total. The predicted octanol–water partition coefficient (Wildman–Crippen LogP) is 2.78. The second-order valence-electron chi connectivity index (χ2n) is 7.45. The van der Waals surface area contributed by atoms with Crippen molar-refractivity contribution in [2.75, 3.05) is 33.4 Å². The van der Waals surface area contributed by atoms with Gasteiger partial charge in [-0.15, -0.1) is 0 Å². The normalized spacial score (nSPS) is 18.6. The van der Waals surface area contributed by atoms with Gasteiger partial charge in [0.1, 0.15) is 5.75 Å². The smallest absolute Gasteiger partial charge is 0.121 e. The monoisotopic (exact) mass is 369 g/mol. The largest absolute Gasteiger partial charge is 0.496 e. The van der Waals surface area contributed by atoms with Crippen molar-refractivity contribution in [2.45, 2.75) is 39.4 Å². The lowest BCUT2D eigenvalue weighted by atomic mass is 10.1. The topological polar surface area (TPSA) is 48.8 Å². The number of ether oxygens (including phenoxy) is 1. The van der Waals surface area contributed by atoms with E-state index in [1.807, 2.05) is 19.1 Å². The van der Waals surface area contributed by atoms with Gasteiger partial charge < -0.3 is 9.84 Å². The first-order valence-corrected chi connectivity index (χ1v) is 9.72. The number of aliphatic hydroxyl groups excluding tert-OH is 1. The molecule has 0 unspecified atom stereocenters. The molecule has 2 heterocycles. The molecule has 2 aromatic rings. The van der Waals surface area contributed by atoms with Crippen LogP contribution in [0.15, 0.2) is 36.4 Å². The van der Waals surface area contributed by atoms with E-state index in [-0.39, 0.29) is 6.61 Å². The summed E-state index contributed by atoms with van der Waals surface area (Å²) in [5.74, 6) is 0.932. The van der Waals surface area contributed by atoms with Crippen LogP contribution in [0, 0.1) is 13.8 Å². The number of benzene rings is 1. The Hall–Kier alpha value is -1.95. The van der Waals surface area contributed by atoms with E-state index in [0.29, 0.717) is 6.04 Å². The minimum Gasteiger partial charge on any atom is -0.496 e. The Kier molecular flexibility index (Phi) is 6.83. The maximum atomic E-state index is 9.55. The number of pyridine rings is 1. The zero-order chi connectivity index (χ0) is 19.2. The second-order valence-corrected chi connectivity index (χ2v) is 7.45. The Balaban J connectivity index is 1.64. The second kappa shape index (κ2) is 9.31. The van der Waals surface area contributed by atoms with E-state index < -0.39 is 0 Å². The molecule has 0 bridgehead atoms. The van der Waals surface area contributed by atoms with Crippen LogP contribution in [0.4, 0.5) is 0 Å². The summed E-state index contributed by atoms with van der Waals surface area (Å²) in [5, 5.41) is 9.55. The summed E-state index contributed by atoms with van der Waals surface area (Å²) in [6, 6.07) is 13.0. The highest BCUT2D eigenvalue weighted by atomic mass is 16.5. The average Bonchev–Trinajstić information content (AvgIpc) is 2.64. The number of hydrogen-bond acceptors (Lipinski definition) is 5. The molecule has 0 saturated carbocycles. The van der Waals surface area contributed by atoms with Crippen molar-refractivity contribution in [1.29, 1.82) is 0 Å². The van der Waals surface area contributed by atoms with E-state index in [0.717, 1.165) is 61.8 Å². The van der Waals surface area contributed by atoms with E-state index in [1.54, 1.807) is 7.11 Å². The van der Waals surface area contributed by atoms with Crippen LogP contribution in [0.1, 0.15) is 28.9 Å². The first kappa shape index (κ1) is 19.8. The van der Waals surface area contributed by atoms with Gasteiger partial charge in [0.25, 0.3) is 0 Å². The molecular weight excluding hydrogens is 338 g/mol. The van der Waals surface area contributed by atoms with Gasteiger partial charge >= 0.3 is 0 Å². The Morgan fingerprint density at radius 3 is 2.70 bits per heavy atom. The molecule has 5 heteroatoms. The first-order chi connectivity index (χ1) is 13.1. The molecule has 1 saturated heterocycles. The molecule has 1 N–H and O–H groups in total. The lowest BCUT2D eigenvalue weighted by Gasteiger charge is -2.41. The van der Waals surface area contributed by atoms with Crippen molar-refractivity contribution >= 4 is 0 Å². The molecule has 0 radical (unpaired) electrons. The van der Waals surface area contributed by atoms with Gasteiger partial charge in [0.2, 0.25) is 0 Å². The van der Waals surface area contributed by atoms with Crippen LogP contribution in [-0.4, -0.2) is 59.3 Å². The fraction of sp³-hybridized carbons (Fsp3) is 0.500. The van der Waals surface area contributed by atoms with Crippen molar-refractivity contribution in [2.24, 2.45) is 0 Å². The highest BCUT2D eigenvalue weighted by Crippen LogP contribution is 2.22. The summed E-state index contributed by atoms with van der Waals surface area (Å²) in [5.41, 5.74) is 4.65. The number of rotatable bonds is 7. The Labute approximate surface area is 162 Å². The number of aromatic nitrogens is 1. The molecule has 1 aliphatic rings. The predicted molar refractivity (Wildman–Crippen MR) is 108 cm³/mol. The van der Waals surface area contributed by atoms with E-state index in [9.17, 15) is 5.11 Å². The Bertz CT molecular complexity index is 750. The van der Waals surface area contributed by atoms with Crippen LogP contribution >= 0.6 is 0 Å². The number of aliphatic hydroxyl groups is 1. The van der Waals surface area contributed by atoms with Crippen LogP contribution in [0.2, 0.25) is 0 Å². The molecule has 3 rings (SSSR count). The minimum atomic E-state index is 0.222. The average molecular weight is 370 g/mol. The molecular formula is C22H31N3O2. The van der Waals surface area contributed by atoms with Crippen LogP contribution in [0.3, 0.4) is 0 Å². The van der Waals surface area contributed by atoms with E-state index in [4.69, 9.17) is 4.74 Å². The van der Waals surface area contributed by atoms with Gasteiger partial charge in [-0.25, -0.2) is 0 Å². The van der Waals surface area contributed by atoms with Crippen molar-refractivity contribution in [3.05, 3.63) is 58.9 Å². The zero-order valence-electron chi connectivity index (χ0n) is 16.7. The van der Waals surface area contributed by atoms with Gasteiger partial charge in [-0.2, -0.15) is 0 Å². The fourth-order valence-corrected chi connectivity index (χ4v) is 3.92. The third kappa shape index (κ3) is 5.28. The summed E-state index contributed by atoms with van der Waals surface area (Å²) in [4.78, 5) is 9.59. The lowest BCUT2D eigenvalue weighted by molar-refractivity contribution is 0.0494. The number of nitrogens with zero attached hydrogens (tertiary/aromatic N) is 3. The molecule has 1 atom stereocenters. The summed E-state index contributed by atoms with van der Waals surface area (Å²) < 4.78 is 5.37. The van der Waals surface area contributed by atoms with Crippen molar-refractivity contribution in [3.8, 4) is 5.75 Å². The first-order valence-electron chi connectivity index (χ1n) is 9.72. The van der Waals surface area contributed by atoms with Gasteiger partial charge in [-0.3, -0.25) is 14.8 Å². The Morgan fingerprint density at radius 1 is 1.15 bits per heavy atom. The molecule has 0 amide bonds. The van der Waals surface area contributed by atoms with Gasteiger partial charge in [-0.05, 0) is 49.6 Å². The molecule has 146 valence electrons. The van der Waals surface area contributed by atoms with Crippen molar-refractivity contribution < 1.29 is 9.84 Å². The maximum Gasteiger partial charge on any atom is 0.121 e. The molecule has 1 fully saturated rings. The van der Waals surface area contributed by atoms with Crippen molar-refractivity contribution in [1.82, 2.24) is 14.8 Å². The molecule has 1 aromatic carbocycles. The van der Waals surface area contributed by atoms with Gasteiger partial charge in [0.15, 0.2) is 0 Å². The number of hydrogen-bond donors (Lipinski definition) is 1. The van der Waals surface area contributed by atoms with Crippen molar-refractivity contribution in [3.63, 3.8) is 0 Å². The van der Waals surface area contributed by atoms with Gasteiger partial charge in [0, 0.05) is 51.1 Å². The minimum absolute atomic E-state index is 0.222. The van der Waals surface area contributed by atoms with E-state index >= 15 is 0 Å². The van der Waals surface area contributed by atoms with E-state index in [1.165, 1.54) is 5.56 Å². The molecule has 0 aliphatic carbocycles. The van der Waals surface area contributed by atoms with Crippen LogP contribution in [0.5, 0.6) is 5.75 Å². The zero-order valence-corrected chi connectivity index (χ0v) is 16.7. The standard InChI is InChI=1S/C22H31N3O2/c1-17-13-19(7-8-22(17)27-3)14-25-11-10-24(16-21(25)9-12-26)15-20-6-4-5-18(2)23-20/h4-8,13,21,26H,9-12,14-16H2,1-3H3/t21-/m1/s1. The lowest BCUT2D eigenvalue weighted by Crippen LogP contribution is -2.52. The van der Waals surface area contributed by atoms with Crippen LogP contribution < -0.4 is 4.74 Å². The van der Waals surface area contributed by atoms with E-state index in [2.05, 4.69) is 46.0 Å². The van der Waals surface area contributed by atoms with Crippen LogP contribution in [-0.2, 0) is 13.1 Å². The van der Waals surface area contributed by atoms with Gasteiger partial charge in [-0.1, -0.05) is 18.2 Å².